The van der Waals surface area contributed by atoms with Crippen LogP contribution >= 0.6 is 11.3 Å². The van der Waals surface area contributed by atoms with Crippen LogP contribution < -0.4 is 5.32 Å². The van der Waals surface area contributed by atoms with Crippen LogP contribution in [0.5, 0.6) is 0 Å². The third-order valence-electron chi connectivity index (χ3n) is 3.50. The number of aryl methyl sites for hydroxylation is 2. The molecule has 128 valence electrons. The maximum absolute atomic E-state index is 12.1. The lowest BCUT2D eigenvalue weighted by molar-refractivity contribution is -0.385. The van der Waals surface area contributed by atoms with E-state index in [0.717, 1.165) is 22.3 Å². The molecule has 1 N–H and O–H groups in total. The van der Waals surface area contributed by atoms with Gasteiger partial charge in [-0.25, -0.2) is 4.98 Å². The SMILES string of the molecule is Cc1ccc(-c2nc(NC(=O)Cn3cc([N+](=O)[O-])cn3)sc2C)cc1. The molecule has 0 radical (unpaired) electrons. The average Bonchev–Trinajstić information content (AvgIpc) is 3.15. The first-order valence-electron chi connectivity index (χ1n) is 7.43. The Kier molecular flexibility index (Phi) is 4.57. The number of carbonyl (C=O) groups excluding carboxylic acids is 1. The van der Waals surface area contributed by atoms with E-state index in [1.165, 1.54) is 27.8 Å². The predicted molar refractivity (Wildman–Crippen MR) is 94.5 cm³/mol. The number of nitro groups is 1. The van der Waals surface area contributed by atoms with Crippen LogP contribution in [0.3, 0.4) is 0 Å². The molecule has 9 heteroatoms. The summed E-state index contributed by atoms with van der Waals surface area (Å²) < 4.78 is 1.22. The van der Waals surface area contributed by atoms with E-state index in [9.17, 15) is 14.9 Å². The molecule has 0 bridgehead atoms. The Balaban J connectivity index is 1.70. The van der Waals surface area contributed by atoms with Gasteiger partial charge in [0.05, 0.1) is 10.6 Å². The average molecular weight is 357 g/mol. The fourth-order valence-electron chi connectivity index (χ4n) is 2.27. The zero-order chi connectivity index (χ0) is 18.0. The first-order chi connectivity index (χ1) is 11.9. The van der Waals surface area contributed by atoms with Crippen molar-refractivity contribution in [3.8, 4) is 11.3 Å². The number of hydrogen-bond acceptors (Lipinski definition) is 6. The Hall–Kier alpha value is -3.07. The Morgan fingerprint density at radius 1 is 1.32 bits per heavy atom. The molecule has 2 aromatic heterocycles. The van der Waals surface area contributed by atoms with Crippen LogP contribution in [0.15, 0.2) is 36.7 Å². The molecule has 0 unspecified atom stereocenters. The minimum Gasteiger partial charge on any atom is -0.300 e. The summed E-state index contributed by atoms with van der Waals surface area (Å²) in [6.45, 7) is 3.84. The molecular formula is C16H15N5O3S. The highest BCUT2D eigenvalue weighted by molar-refractivity contribution is 7.16. The van der Waals surface area contributed by atoms with Gasteiger partial charge in [-0.3, -0.25) is 19.6 Å². The van der Waals surface area contributed by atoms with Crippen molar-refractivity contribution in [1.82, 2.24) is 14.8 Å². The zero-order valence-corrected chi connectivity index (χ0v) is 14.4. The molecule has 0 saturated heterocycles. The van der Waals surface area contributed by atoms with Gasteiger partial charge in [-0.2, -0.15) is 5.10 Å². The summed E-state index contributed by atoms with van der Waals surface area (Å²) in [7, 11) is 0. The van der Waals surface area contributed by atoms with Gasteiger partial charge in [-0.15, -0.1) is 11.3 Å². The van der Waals surface area contributed by atoms with E-state index in [4.69, 9.17) is 0 Å². The molecule has 0 saturated carbocycles. The monoisotopic (exact) mass is 357 g/mol. The number of thiazole rings is 1. The largest absolute Gasteiger partial charge is 0.307 e. The molecule has 25 heavy (non-hydrogen) atoms. The van der Waals surface area contributed by atoms with E-state index in [1.807, 2.05) is 38.1 Å². The molecule has 1 amide bonds. The Morgan fingerprint density at radius 3 is 2.68 bits per heavy atom. The Labute approximate surface area is 147 Å². The smallest absolute Gasteiger partial charge is 0.300 e. The van der Waals surface area contributed by atoms with Crippen LogP contribution in [0.2, 0.25) is 0 Å². The number of aromatic nitrogens is 3. The molecular weight excluding hydrogens is 342 g/mol. The molecule has 0 fully saturated rings. The van der Waals surface area contributed by atoms with Gasteiger partial charge >= 0.3 is 5.69 Å². The number of nitrogens with zero attached hydrogens (tertiary/aromatic N) is 4. The highest BCUT2D eigenvalue weighted by Gasteiger charge is 2.14. The summed E-state index contributed by atoms with van der Waals surface area (Å²) in [6, 6.07) is 8.01. The summed E-state index contributed by atoms with van der Waals surface area (Å²) in [6.07, 6.45) is 2.32. The van der Waals surface area contributed by atoms with Crippen LogP contribution in [-0.4, -0.2) is 25.6 Å². The highest BCUT2D eigenvalue weighted by Crippen LogP contribution is 2.30. The molecule has 3 rings (SSSR count). The third kappa shape index (κ3) is 3.89. The molecule has 3 aromatic rings. The zero-order valence-electron chi connectivity index (χ0n) is 13.6. The van der Waals surface area contributed by atoms with Crippen LogP contribution in [0.25, 0.3) is 11.3 Å². The van der Waals surface area contributed by atoms with Crippen LogP contribution in [0, 0.1) is 24.0 Å². The van der Waals surface area contributed by atoms with Crippen molar-refractivity contribution in [3.05, 3.63) is 57.2 Å². The fraction of sp³-hybridized carbons (Fsp3) is 0.188. The number of anilines is 1. The maximum atomic E-state index is 12.1. The van der Waals surface area contributed by atoms with Crippen LogP contribution in [0.4, 0.5) is 10.8 Å². The van der Waals surface area contributed by atoms with Crippen molar-refractivity contribution < 1.29 is 9.72 Å². The van der Waals surface area contributed by atoms with E-state index < -0.39 is 4.92 Å². The van der Waals surface area contributed by atoms with E-state index >= 15 is 0 Å². The van der Waals surface area contributed by atoms with Crippen molar-refractivity contribution in [3.63, 3.8) is 0 Å². The quantitative estimate of drug-likeness (QED) is 0.558. The van der Waals surface area contributed by atoms with Gasteiger partial charge in [0.1, 0.15) is 18.9 Å². The molecule has 2 heterocycles. The van der Waals surface area contributed by atoms with Crippen molar-refractivity contribution in [2.75, 3.05) is 5.32 Å². The van der Waals surface area contributed by atoms with E-state index in [-0.39, 0.29) is 18.1 Å². The second-order valence-corrected chi connectivity index (χ2v) is 6.69. The lowest BCUT2D eigenvalue weighted by Crippen LogP contribution is -2.18. The first-order valence-corrected chi connectivity index (χ1v) is 8.25. The summed E-state index contributed by atoms with van der Waals surface area (Å²) in [5, 5.41) is 17.6. The van der Waals surface area contributed by atoms with Crippen LogP contribution in [0.1, 0.15) is 10.4 Å². The van der Waals surface area contributed by atoms with Gasteiger partial charge < -0.3 is 5.32 Å². The highest BCUT2D eigenvalue weighted by atomic mass is 32.1. The van der Waals surface area contributed by atoms with Gasteiger partial charge in [0.15, 0.2) is 5.13 Å². The molecule has 1 aromatic carbocycles. The summed E-state index contributed by atoms with van der Waals surface area (Å²) in [5.41, 5.74) is 2.83. The van der Waals surface area contributed by atoms with Gasteiger partial charge in [0.2, 0.25) is 5.91 Å². The maximum Gasteiger partial charge on any atom is 0.307 e. The summed E-state index contributed by atoms with van der Waals surface area (Å²) in [4.78, 5) is 27.6. The molecule has 0 aliphatic carbocycles. The number of benzene rings is 1. The second kappa shape index (κ2) is 6.81. The topological polar surface area (TPSA) is 103 Å². The lowest BCUT2D eigenvalue weighted by Gasteiger charge is -2.01. The van der Waals surface area contributed by atoms with Crippen LogP contribution in [-0.2, 0) is 11.3 Å². The molecule has 0 aliphatic heterocycles. The van der Waals surface area contributed by atoms with E-state index in [1.54, 1.807) is 0 Å². The summed E-state index contributed by atoms with van der Waals surface area (Å²) in [5.74, 6) is -0.345. The van der Waals surface area contributed by atoms with Gasteiger partial charge in [0.25, 0.3) is 0 Å². The molecule has 8 nitrogen and oxygen atoms in total. The third-order valence-corrected chi connectivity index (χ3v) is 4.39. The minimum absolute atomic E-state index is 0.119. The van der Waals surface area contributed by atoms with E-state index in [0.29, 0.717) is 5.13 Å². The number of nitrogens with one attached hydrogen (secondary N) is 1. The minimum atomic E-state index is -0.556. The molecule has 0 aliphatic rings. The molecule has 0 atom stereocenters. The number of amides is 1. The summed E-state index contributed by atoms with van der Waals surface area (Å²) >= 11 is 1.38. The van der Waals surface area contributed by atoms with Gasteiger partial charge in [0, 0.05) is 10.4 Å². The van der Waals surface area contributed by atoms with Crippen molar-refractivity contribution in [2.24, 2.45) is 0 Å². The normalized spacial score (nSPS) is 10.6. The number of carbonyl (C=O) groups is 1. The predicted octanol–water partition coefficient (Wildman–Crippen LogP) is 3.17. The lowest BCUT2D eigenvalue weighted by atomic mass is 10.1. The Bertz CT molecular complexity index is 930. The number of hydrogen-bond donors (Lipinski definition) is 1. The second-order valence-electron chi connectivity index (χ2n) is 5.49. The van der Waals surface area contributed by atoms with Crippen molar-refractivity contribution in [2.45, 2.75) is 20.4 Å². The van der Waals surface area contributed by atoms with E-state index in [2.05, 4.69) is 15.4 Å². The fourth-order valence-corrected chi connectivity index (χ4v) is 3.12. The van der Waals surface area contributed by atoms with Gasteiger partial charge in [-0.1, -0.05) is 29.8 Å². The Morgan fingerprint density at radius 2 is 2.04 bits per heavy atom. The van der Waals surface area contributed by atoms with Crippen molar-refractivity contribution >= 4 is 28.1 Å². The number of rotatable bonds is 5. The standard InChI is InChI=1S/C16H15N5O3S/c1-10-3-5-12(6-4-10)15-11(2)25-16(19-15)18-14(22)9-20-8-13(7-17-20)21(23)24/h3-8H,9H2,1-2H3,(H,18,19,22). The van der Waals surface area contributed by atoms with Crippen molar-refractivity contribution in [1.29, 1.82) is 0 Å². The first kappa shape index (κ1) is 16.8. The molecule has 0 spiro atoms. The van der Waals surface area contributed by atoms with Gasteiger partial charge in [-0.05, 0) is 13.8 Å².